The molecule has 6 heteroatoms. The fraction of sp³-hybridized carbons (Fsp3) is 0.550. The number of benzene rings is 1. The minimum Gasteiger partial charge on any atom is -0.497 e. The van der Waals surface area contributed by atoms with Crippen LogP contribution in [0.1, 0.15) is 37.8 Å². The Balaban J connectivity index is 1.54. The summed E-state index contributed by atoms with van der Waals surface area (Å²) in [7, 11) is 1.67. The van der Waals surface area contributed by atoms with Crippen molar-refractivity contribution in [3.05, 3.63) is 23.9 Å². The molecule has 0 aliphatic carbocycles. The van der Waals surface area contributed by atoms with Crippen molar-refractivity contribution in [2.75, 3.05) is 31.6 Å². The fourth-order valence-corrected chi connectivity index (χ4v) is 4.26. The number of piperidine rings is 1. The number of aromatic nitrogens is 2. The van der Waals surface area contributed by atoms with Gasteiger partial charge in [-0.2, -0.15) is 0 Å². The van der Waals surface area contributed by atoms with Crippen LogP contribution in [0.3, 0.4) is 0 Å². The highest BCUT2D eigenvalue weighted by Gasteiger charge is 2.36. The van der Waals surface area contributed by atoms with Crippen molar-refractivity contribution in [1.29, 1.82) is 0 Å². The predicted molar refractivity (Wildman–Crippen MR) is 102 cm³/mol. The Bertz CT molecular complexity index is 828. The Hall–Kier alpha value is -2.37. The number of hydrogen-bond acceptors (Lipinski definition) is 5. The van der Waals surface area contributed by atoms with Crippen LogP contribution in [0.15, 0.2) is 18.2 Å². The largest absolute Gasteiger partial charge is 0.497 e. The van der Waals surface area contributed by atoms with Crippen molar-refractivity contribution < 1.29 is 9.53 Å². The first kappa shape index (κ1) is 17.1. The van der Waals surface area contributed by atoms with Gasteiger partial charge in [0, 0.05) is 37.5 Å². The number of ether oxygens (including phenoxy) is 1. The summed E-state index contributed by atoms with van der Waals surface area (Å²) in [5.74, 6) is 1.82. The number of carbonyl (C=O) groups excluding carboxylic acids is 1. The van der Waals surface area contributed by atoms with E-state index in [1.807, 2.05) is 25.1 Å². The first-order valence-corrected chi connectivity index (χ1v) is 9.43. The average Bonchev–Trinajstić information content (AvgIpc) is 2.83. The lowest BCUT2D eigenvalue weighted by Gasteiger charge is -2.41. The maximum absolute atomic E-state index is 11.7. The van der Waals surface area contributed by atoms with E-state index in [0.29, 0.717) is 11.8 Å². The van der Waals surface area contributed by atoms with E-state index in [2.05, 4.69) is 10.2 Å². The van der Waals surface area contributed by atoms with Crippen LogP contribution in [0.25, 0.3) is 10.9 Å². The van der Waals surface area contributed by atoms with E-state index in [1.165, 1.54) is 0 Å². The molecule has 0 unspecified atom stereocenters. The number of fused-ring (bicyclic) bond motifs is 1. The standard InChI is InChI=1S/C20H26N4O2/c1-14-16-4-3-15(26-2)13-17(16)23-19(22-14)24-11-8-20(9-12-24)6-5-18(25)21-10-7-20/h3-4,13H,5-12H2,1-2H3,(H,21,25). The lowest BCUT2D eigenvalue weighted by molar-refractivity contribution is -0.120. The van der Waals surface area contributed by atoms with Gasteiger partial charge in [0.15, 0.2) is 0 Å². The molecule has 0 saturated carbocycles. The predicted octanol–water partition coefficient (Wildman–Crippen LogP) is 2.83. The van der Waals surface area contributed by atoms with Crippen molar-refractivity contribution in [2.45, 2.75) is 39.0 Å². The highest BCUT2D eigenvalue weighted by Crippen LogP contribution is 2.41. The van der Waals surface area contributed by atoms with Gasteiger partial charge in [0.2, 0.25) is 11.9 Å². The summed E-state index contributed by atoms with van der Waals surface area (Å²) in [6, 6.07) is 5.94. The van der Waals surface area contributed by atoms with Crippen LogP contribution in [0.2, 0.25) is 0 Å². The second kappa shape index (κ2) is 6.74. The van der Waals surface area contributed by atoms with Gasteiger partial charge in [-0.3, -0.25) is 4.79 Å². The van der Waals surface area contributed by atoms with Gasteiger partial charge in [-0.05, 0) is 50.2 Å². The number of aryl methyl sites for hydroxylation is 1. The lowest BCUT2D eigenvalue weighted by Crippen LogP contribution is -2.41. The van der Waals surface area contributed by atoms with Crippen LogP contribution in [0, 0.1) is 12.3 Å². The quantitative estimate of drug-likeness (QED) is 0.898. The number of amides is 1. The Morgan fingerprint density at radius 1 is 1.15 bits per heavy atom. The fourth-order valence-electron chi connectivity index (χ4n) is 4.26. The van der Waals surface area contributed by atoms with Gasteiger partial charge in [0.25, 0.3) is 0 Å². The first-order valence-electron chi connectivity index (χ1n) is 9.43. The molecule has 0 atom stereocenters. The summed E-state index contributed by atoms with van der Waals surface area (Å²) in [6.07, 6.45) is 4.94. The molecule has 2 aliphatic heterocycles. The zero-order valence-corrected chi connectivity index (χ0v) is 15.5. The van der Waals surface area contributed by atoms with E-state index in [0.717, 1.165) is 73.6 Å². The van der Waals surface area contributed by atoms with E-state index in [-0.39, 0.29) is 5.91 Å². The van der Waals surface area contributed by atoms with Crippen molar-refractivity contribution in [2.24, 2.45) is 5.41 Å². The molecular formula is C20H26N4O2. The highest BCUT2D eigenvalue weighted by atomic mass is 16.5. The van der Waals surface area contributed by atoms with Crippen molar-refractivity contribution in [3.8, 4) is 5.75 Å². The summed E-state index contributed by atoms with van der Waals surface area (Å²) >= 11 is 0. The topological polar surface area (TPSA) is 67.3 Å². The first-order chi connectivity index (χ1) is 12.6. The number of anilines is 1. The zero-order valence-electron chi connectivity index (χ0n) is 15.5. The Morgan fingerprint density at radius 2 is 1.96 bits per heavy atom. The van der Waals surface area contributed by atoms with Crippen LogP contribution in [0.5, 0.6) is 5.75 Å². The Morgan fingerprint density at radius 3 is 2.73 bits per heavy atom. The maximum atomic E-state index is 11.7. The zero-order chi connectivity index (χ0) is 18.1. The summed E-state index contributed by atoms with van der Waals surface area (Å²) in [4.78, 5) is 23.5. The molecule has 6 nitrogen and oxygen atoms in total. The molecular weight excluding hydrogens is 328 g/mol. The Kier molecular flexibility index (Phi) is 4.42. The highest BCUT2D eigenvalue weighted by molar-refractivity contribution is 5.83. The SMILES string of the molecule is COc1ccc2c(C)nc(N3CCC4(CCNC(=O)CC4)CC3)nc2c1. The third-order valence-electron chi connectivity index (χ3n) is 6.05. The minimum absolute atomic E-state index is 0.201. The van der Waals surface area contributed by atoms with Crippen molar-refractivity contribution >= 4 is 22.8 Å². The molecule has 1 spiro atoms. The molecule has 2 aliphatic rings. The summed E-state index contributed by atoms with van der Waals surface area (Å²) < 4.78 is 5.34. The molecule has 0 bridgehead atoms. The van der Waals surface area contributed by atoms with Crippen LogP contribution < -0.4 is 15.0 Å². The number of methoxy groups -OCH3 is 1. The van der Waals surface area contributed by atoms with Crippen LogP contribution in [-0.2, 0) is 4.79 Å². The van der Waals surface area contributed by atoms with Crippen LogP contribution in [0.4, 0.5) is 5.95 Å². The number of carbonyl (C=O) groups is 1. The second-order valence-corrected chi connectivity index (χ2v) is 7.58. The molecule has 4 rings (SSSR count). The molecule has 3 heterocycles. The molecule has 0 radical (unpaired) electrons. The molecule has 2 fully saturated rings. The summed E-state index contributed by atoms with van der Waals surface area (Å²) in [6.45, 7) is 4.74. The van der Waals surface area contributed by atoms with E-state index in [4.69, 9.17) is 14.7 Å². The molecule has 1 amide bonds. The van der Waals surface area contributed by atoms with Gasteiger partial charge in [0.05, 0.1) is 18.3 Å². The molecule has 2 saturated heterocycles. The number of nitrogens with one attached hydrogen (secondary N) is 1. The van der Waals surface area contributed by atoms with Gasteiger partial charge < -0.3 is 15.0 Å². The smallest absolute Gasteiger partial charge is 0.226 e. The monoisotopic (exact) mass is 354 g/mol. The van der Waals surface area contributed by atoms with E-state index in [1.54, 1.807) is 7.11 Å². The van der Waals surface area contributed by atoms with E-state index < -0.39 is 0 Å². The number of hydrogen-bond donors (Lipinski definition) is 1. The minimum atomic E-state index is 0.201. The average molecular weight is 354 g/mol. The number of nitrogens with zero attached hydrogens (tertiary/aromatic N) is 3. The van der Waals surface area contributed by atoms with Crippen LogP contribution >= 0.6 is 0 Å². The molecule has 138 valence electrons. The molecule has 1 aromatic carbocycles. The van der Waals surface area contributed by atoms with Gasteiger partial charge in [-0.15, -0.1) is 0 Å². The normalized spacial score (nSPS) is 20.1. The van der Waals surface area contributed by atoms with Gasteiger partial charge in [-0.1, -0.05) is 0 Å². The second-order valence-electron chi connectivity index (χ2n) is 7.58. The van der Waals surface area contributed by atoms with Crippen molar-refractivity contribution in [1.82, 2.24) is 15.3 Å². The Labute approximate surface area is 154 Å². The van der Waals surface area contributed by atoms with E-state index >= 15 is 0 Å². The third kappa shape index (κ3) is 3.20. The molecule has 26 heavy (non-hydrogen) atoms. The summed E-state index contributed by atoms with van der Waals surface area (Å²) in [5.41, 5.74) is 2.22. The maximum Gasteiger partial charge on any atom is 0.226 e. The molecule has 1 N–H and O–H groups in total. The molecule has 2 aromatic rings. The van der Waals surface area contributed by atoms with E-state index in [9.17, 15) is 4.79 Å². The van der Waals surface area contributed by atoms with Crippen LogP contribution in [-0.4, -0.2) is 42.6 Å². The van der Waals surface area contributed by atoms with Gasteiger partial charge >= 0.3 is 0 Å². The summed E-state index contributed by atoms with van der Waals surface area (Å²) in [5, 5.41) is 4.07. The number of rotatable bonds is 2. The lowest BCUT2D eigenvalue weighted by atomic mass is 9.73. The van der Waals surface area contributed by atoms with Crippen molar-refractivity contribution in [3.63, 3.8) is 0 Å². The third-order valence-corrected chi connectivity index (χ3v) is 6.05. The van der Waals surface area contributed by atoms with Gasteiger partial charge in [-0.25, -0.2) is 9.97 Å². The van der Waals surface area contributed by atoms with Gasteiger partial charge in [0.1, 0.15) is 5.75 Å². The molecule has 1 aromatic heterocycles.